The zero-order valence-corrected chi connectivity index (χ0v) is 8.18. The first-order valence-electron chi connectivity index (χ1n) is 5.24. The van der Waals surface area contributed by atoms with E-state index in [4.69, 9.17) is 5.73 Å². The van der Waals surface area contributed by atoms with Gasteiger partial charge in [-0.25, -0.2) is 0 Å². The molecule has 0 aromatic rings. The summed E-state index contributed by atoms with van der Waals surface area (Å²) in [6, 6.07) is 0.442. The van der Waals surface area contributed by atoms with Crippen LogP contribution in [-0.4, -0.2) is 19.6 Å². The van der Waals surface area contributed by atoms with Gasteiger partial charge in [0.1, 0.15) is 0 Å². The maximum absolute atomic E-state index is 6.09. The Bertz CT molecular complexity index is 108. The third kappa shape index (κ3) is 3.11. The summed E-state index contributed by atoms with van der Waals surface area (Å²) in [5.41, 5.74) is 6.09. The molecule has 72 valence electrons. The van der Waals surface area contributed by atoms with E-state index in [1.165, 1.54) is 32.1 Å². The molecule has 1 atom stereocenters. The zero-order valence-electron chi connectivity index (χ0n) is 8.18. The highest BCUT2D eigenvalue weighted by Gasteiger charge is 2.19. The van der Waals surface area contributed by atoms with Gasteiger partial charge in [0.2, 0.25) is 0 Å². The van der Waals surface area contributed by atoms with Crippen molar-refractivity contribution in [1.29, 1.82) is 0 Å². The Morgan fingerprint density at radius 1 is 1.33 bits per heavy atom. The van der Waals surface area contributed by atoms with Gasteiger partial charge in [0.05, 0.1) is 0 Å². The number of nitrogens with two attached hydrogens (primary N) is 1. The first kappa shape index (κ1) is 10.0. The van der Waals surface area contributed by atoms with E-state index in [1.807, 2.05) is 7.05 Å². The molecule has 0 amide bonds. The van der Waals surface area contributed by atoms with Gasteiger partial charge < -0.3 is 11.1 Å². The summed E-state index contributed by atoms with van der Waals surface area (Å²) in [5.74, 6) is 0.812. The Balaban J connectivity index is 2.15. The van der Waals surface area contributed by atoms with E-state index in [0.717, 1.165) is 18.9 Å². The quantitative estimate of drug-likeness (QED) is 0.671. The van der Waals surface area contributed by atoms with E-state index in [-0.39, 0.29) is 0 Å². The molecule has 1 saturated carbocycles. The lowest BCUT2D eigenvalue weighted by Gasteiger charge is -2.27. The van der Waals surface area contributed by atoms with Crippen LogP contribution in [0.1, 0.15) is 38.5 Å². The van der Waals surface area contributed by atoms with E-state index in [1.54, 1.807) is 0 Å². The fraction of sp³-hybridized carbons (Fsp3) is 1.00. The molecule has 2 heteroatoms. The zero-order chi connectivity index (χ0) is 8.81. The predicted molar refractivity (Wildman–Crippen MR) is 53.1 cm³/mol. The molecule has 3 N–H and O–H groups in total. The summed E-state index contributed by atoms with van der Waals surface area (Å²) in [6.07, 6.45) is 8.10. The highest BCUT2D eigenvalue weighted by molar-refractivity contribution is 4.76. The van der Waals surface area contributed by atoms with Crippen molar-refractivity contribution in [2.75, 3.05) is 13.6 Å². The molecule has 0 heterocycles. The largest absolute Gasteiger partial charge is 0.327 e. The first-order valence-corrected chi connectivity index (χ1v) is 5.24. The van der Waals surface area contributed by atoms with Gasteiger partial charge in [-0.15, -0.1) is 0 Å². The summed E-state index contributed by atoms with van der Waals surface area (Å²) < 4.78 is 0. The van der Waals surface area contributed by atoms with Gasteiger partial charge in [-0.2, -0.15) is 0 Å². The molecule has 0 aliphatic heterocycles. The van der Waals surface area contributed by atoms with Gasteiger partial charge >= 0.3 is 0 Å². The minimum absolute atomic E-state index is 0.442. The van der Waals surface area contributed by atoms with E-state index < -0.39 is 0 Å². The summed E-state index contributed by atoms with van der Waals surface area (Å²) in [5, 5.41) is 3.16. The van der Waals surface area contributed by atoms with E-state index in [2.05, 4.69) is 5.32 Å². The maximum atomic E-state index is 6.09. The van der Waals surface area contributed by atoms with E-state index in [0.29, 0.717) is 6.04 Å². The third-order valence-corrected chi connectivity index (χ3v) is 2.98. The normalized spacial score (nSPS) is 22.5. The Hall–Kier alpha value is -0.0800. The summed E-state index contributed by atoms with van der Waals surface area (Å²) in [4.78, 5) is 0. The monoisotopic (exact) mass is 170 g/mol. The molecule has 0 spiro atoms. The summed E-state index contributed by atoms with van der Waals surface area (Å²) in [6.45, 7) is 1.07. The molecule has 0 radical (unpaired) electrons. The predicted octanol–water partition coefficient (Wildman–Crippen LogP) is 1.50. The van der Waals surface area contributed by atoms with Crippen LogP contribution in [0.2, 0.25) is 0 Å². The van der Waals surface area contributed by atoms with Crippen LogP contribution in [-0.2, 0) is 0 Å². The minimum Gasteiger partial charge on any atom is -0.327 e. The van der Waals surface area contributed by atoms with Crippen molar-refractivity contribution in [3.63, 3.8) is 0 Å². The lowest BCUT2D eigenvalue weighted by Crippen LogP contribution is -2.34. The van der Waals surface area contributed by atoms with Gasteiger partial charge in [0, 0.05) is 6.04 Å². The number of nitrogens with one attached hydrogen (secondary N) is 1. The van der Waals surface area contributed by atoms with Crippen LogP contribution >= 0.6 is 0 Å². The fourth-order valence-electron chi connectivity index (χ4n) is 2.11. The van der Waals surface area contributed by atoms with Gasteiger partial charge in [-0.3, -0.25) is 0 Å². The van der Waals surface area contributed by atoms with Crippen molar-refractivity contribution in [2.24, 2.45) is 11.7 Å². The summed E-state index contributed by atoms with van der Waals surface area (Å²) >= 11 is 0. The summed E-state index contributed by atoms with van der Waals surface area (Å²) in [7, 11) is 1.99. The lowest BCUT2D eigenvalue weighted by atomic mass is 9.83. The number of hydrogen-bond donors (Lipinski definition) is 2. The van der Waals surface area contributed by atoms with Crippen molar-refractivity contribution in [2.45, 2.75) is 44.6 Å². The minimum atomic E-state index is 0.442. The molecule has 1 fully saturated rings. The second-order valence-electron chi connectivity index (χ2n) is 3.95. The molecular formula is C10H22N2. The standard InChI is InChI=1S/C10H22N2/c1-12-8-7-10(11)9-5-3-2-4-6-9/h9-10,12H,2-8,11H2,1H3. The topological polar surface area (TPSA) is 38.0 Å². The van der Waals surface area contributed by atoms with Crippen molar-refractivity contribution in [1.82, 2.24) is 5.32 Å². The highest BCUT2D eigenvalue weighted by Crippen LogP contribution is 2.26. The van der Waals surface area contributed by atoms with Crippen LogP contribution in [0.15, 0.2) is 0 Å². The third-order valence-electron chi connectivity index (χ3n) is 2.98. The van der Waals surface area contributed by atoms with Crippen LogP contribution in [0.25, 0.3) is 0 Å². The van der Waals surface area contributed by atoms with Crippen LogP contribution in [0.4, 0.5) is 0 Å². The molecule has 12 heavy (non-hydrogen) atoms. The molecular weight excluding hydrogens is 148 g/mol. The molecule has 1 aliphatic carbocycles. The molecule has 0 aromatic heterocycles. The van der Waals surface area contributed by atoms with Crippen LogP contribution < -0.4 is 11.1 Å². The molecule has 0 bridgehead atoms. The maximum Gasteiger partial charge on any atom is 0.00792 e. The van der Waals surface area contributed by atoms with Gasteiger partial charge in [-0.1, -0.05) is 19.3 Å². The van der Waals surface area contributed by atoms with Crippen LogP contribution in [0, 0.1) is 5.92 Å². The second kappa shape index (κ2) is 5.55. The molecule has 1 unspecified atom stereocenters. The molecule has 1 aliphatic rings. The van der Waals surface area contributed by atoms with E-state index in [9.17, 15) is 0 Å². The average molecular weight is 170 g/mol. The lowest BCUT2D eigenvalue weighted by molar-refractivity contribution is 0.294. The number of rotatable bonds is 4. The van der Waals surface area contributed by atoms with Crippen molar-refractivity contribution >= 4 is 0 Å². The Kier molecular flexibility index (Phi) is 4.62. The van der Waals surface area contributed by atoms with Gasteiger partial charge in [0.25, 0.3) is 0 Å². The van der Waals surface area contributed by atoms with Gasteiger partial charge in [-0.05, 0) is 38.8 Å². The molecule has 2 nitrogen and oxygen atoms in total. The molecule has 0 saturated heterocycles. The van der Waals surface area contributed by atoms with Crippen LogP contribution in [0.3, 0.4) is 0 Å². The second-order valence-corrected chi connectivity index (χ2v) is 3.95. The first-order chi connectivity index (χ1) is 5.84. The van der Waals surface area contributed by atoms with Crippen molar-refractivity contribution < 1.29 is 0 Å². The van der Waals surface area contributed by atoms with Crippen LogP contribution in [0.5, 0.6) is 0 Å². The SMILES string of the molecule is CNCCC(N)C1CCCCC1. The Morgan fingerprint density at radius 3 is 2.58 bits per heavy atom. The Morgan fingerprint density at radius 2 is 2.00 bits per heavy atom. The number of hydrogen-bond acceptors (Lipinski definition) is 2. The highest BCUT2D eigenvalue weighted by atomic mass is 14.8. The Labute approximate surface area is 75.9 Å². The smallest absolute Gasteiger partial charge is 0.00792 e. The van der Waals surface area contributed by atoms with Crippen molar-refractivity contribution in [3.8, 4) is 0 Å². The fourth-order valence-corrected chi connectivity index (χ4v) is 2.11. The molecule has 1 rings (SSSR count). The van der Waals surface area contributed by atoms with E-state index >= 15 is 0 Å². The average Bonchev–Trinajstić information content (AvgIpc) is 2.15. The van der Waals surface area contributed by atoms with Crippen molar-refractivity contribution in [3.05, 3.63) is 0 Å². The molecule has 0 aromatic carbocycles. The van der Waals surface area contributed by atoms with Gasteiger partial charge in [0.15, 0.2) is 0 Å².